The lowest BCUT2D eigenvalue weighted by Gasteiger charge is -2.10. The Labute approximate surface area is 144 Å². The second-order valence-electron chi connectivity index (χ2n) is 6.24. The van der Waals surface area contributed by atoms with Crippen molar-refractivity contribution in [2.45, 2.75) is 26.8 Å². The third-order valence-corrected chi connectivity index (χ3v) is 4.12. The maximum Gasteiger partial charge on any atom is 0.257 e. The first-order chi connectivity index (χ1) is 12.0. The quantitative estimate of drug-likeness (QED) is 0.793. The highest BCUT2D eigenvalue weighted by Crippen LogP contribution is 2.34. The average molecular weight is 338 g/mol. The Bertz CT molecular complexity index is 978. The highest BCUT2D eigenvalue weighted by Gasteiger charge is 2.17. The zero-order valence-corrected chi connectivity index (χ0v) is 14.2. The number of fused-ring (bicyclic) bond motifs is 2. The van der Waals surface area contributed by atoms with Crippen molar-refractivity contribution < 1.29 is 14.3 Å². The van der Waals surface area contributed by atoms with Crippen LogP contribution in [0.3, 0.4) is 0 Å². The molecule has 2 aromatic heterocycles. The van der Waals surface area contributed by atoms with Crippen molar-refractivity contribution in [3.8, 4) is 11.5 Å². The van der Waals surface area contributed by atoms with Gasteiger partial charge in [0.05, 0.1) is 17.5 Å². The van der Waals surface area contributed by atoms with Gasteiger partial charge >= 0.3 is 0 Å². The van der Waals surface area contributed by atoms with Gasteiger partial charge < -0.3 is 14.8 Å². The monoisotopic (exact) mass is 338 g/mol. The summed E-state index contributed by atoms with van der Waals surface area (Å²) in [5.41, 5.74) is 2.61. The zero-order chi connectivity index (χ0) is 17.6. The van der Waals surface area contributed by atoms with Crippen LogP contribution in [0.1, 0.15) is 35.9 Å². The molecule has 25 heavy (non-hydrogen) atoms. The van der Waals surface area contributed by atoms with Gasteiger partial charge in [0, 0.05) is 23.2 Å². The topological polar surface area (TPSA) is 78.3 Å². The number of anilines is 1. The van der Waals surface area contributed by atoms with Crippen LogP contribution in [0.5, 0.6) is 11.5 Å². The summed E-state index contributed by atoms with van der Waals surface area (Å²) in [6.45, 7) is 6.12. The van der Waals surface area contributed by atoms with Gasteiger partial charge in [-0.1, -0.05) is 0 Å². The van der Waals surface area contributed by atoms with E-state index in [2.05, 4.69) is 15.4 Å². The number of hydrogen-bond donors (Lipinski definition) is 1. The molecule has 128 valence electrons. The fourth-order valence-electron chi connectivity index (χ4n) is 2.85. The zero-order valence-electron chi connectivity index (χ0n) is 14.2. The molecule has 3 aromatic rings. The average Bonchev–Trinajstić information content (AvgIpc) is 3.19. The van der Waals surface area contributed by atoms with Crippen molar-refractivity contribution in [2.75, 3.05) is 12.1 Å². The molecule has 0 spiro atoms. The largest absolute Gasteiger partial charge is 0.454 e. The maximum absolute atomic E-state index is 12.7. The number of amides is 1. The van der Waals surface area contributed by atoms with Crippen molar-refractivity contribution in [2.24, 2.45) is 0 Å². The minimum Gasteiger partial charge on any atom is -0.454 e. The number of ether oxygens (including phenoxy) is 2. The van der Waals surface area contributed by atoms with Crippen LogP contribution in [0.2, 0.25) is 0 Å². The first-order valence-electron chi connectivity index (χ1n) is 8.09. The minimum absolute atomic E-state index is 0.201. The molecule has 0 saturated carbocycles. The molecule has 7 heteroatoms. The van der Waals surface area contributed by atoms with Gasteiger partial charge in [-0.3, -0.25) is 4.79 Å². The summed E-state index contributed by atoms with van der Waals surface area (Å²) < 4.78 is 12.5. The number of hydrogen-bond acceptors (Lipinski definition) is 5. The third kappa shape index (κ3) is 2.67. The standard InChI is InChI=1S/C18H18N4O3/c1-10(2)22-17-12(8-19-22)6-14(11(3)20-17)18(23)21-13-4-5-15-16(7-13)25-9-24-15/h4-8,10H,9H2,1-3H3,(H,21,23). The molecule has 0 saturated heterocycles. The number of aryl methyl sites for hydroxylation is 1. The van der Waals surface area contributed by atoms with E-state index in [4.69, 9.17) is 9.47 Å². The van der Waals surface area contributed by atoms with E-state index in [1.54, 1.807) is 24.4 Å². The number of pyridine rings is 1. The lowest BCUT2D eigenvalue weighted by Crippen LogP contribution is -2.14. The van der Waals surface area contributed by atoms with Crippen molar-refractivity contribution in [3.63, 3.8) is 0 Å². The van der Waals surface area contributed by atoms with Gasteiger partial charge in [0.25, 0.3) is 5.91 Å². The second-order valence-corrected chi connectivity index (χ2v) is 6.24. The lowest BCUT2D eigenvalue weighted by atomic mass is 10.1. The van der Waals surface area contributed by atoms with Gasteiger partial charge in [0.15, 0.2) is 17.1 Å². The van der Waals surface area contributed by atoms with Gasteiger partial charge in [-0.2, -0.15) is 5.10 Å². The second kappa shape index (κ2) is 5.77. The van der Waals surface area contributed by atoms with Crippen LogP contribution in [0.15, 0.2) is 30.5 Å². The van der Waals surface area contributed by atoms with E-state index in [-0.39, 0.29) is 18.7 Å². The molecule has 0 unspecified atom stereocenters. The number of carbonyl (C=O) groups is 1. The van der Waals surface area contributed by atoms with Crippen LogP contribution in [0, 0.1) is 6.92 Å². The molecule has 0 radical (unpaired) electrons. The van der Waals surface area contributed by atoms with Crippen LogP contribution in [0.4, 0.5) is 5.69 Å². The Hall–Kier alpha value is -3.09. The first kappa shape index (κ1) is 15.4. The molecule has 0 aliphatic carbocycles. The summed E-state index contributed by atoms with van der Waals surface area (Å²) in [5, 5.41) is 8.08. The normalized spacial score (nSPS) is 12.8. The Kier molecular flexibility index (Phi) is 3.56. The summed E-state index contributed by atoms with van der Waals surface area (Å²) in [6, 6.07) is 7.34. The highest BCUT2D eigenvalue weighted by atomic mass is 16.7. The van der Waals surface area contributed by atoms with Crippen molar-refractivity contribution in [1.29, 1.82) is 0 Å². The molecule has 1 aliphatic heterocycles. The fraction of sp³-hybridized carbons (Fsp3) is 0.278. The molecule has 4 rings (SSSR count). The fourth-order valence-corrected chi connectivity index (χ4v) is 2.85. The smallest absolute Gasteiger partial charge is 0.257 e. The molecule has 7 nitrogen and oxygen atoms in total. The van der Waals surface area contributed by atoms with E-state index in [1.165, 1.54) is 0 Å². The van der Waals surface area contributed by atoms with E-state index in [9.17, 15) is 4.79 Å². The van der Waals surface area contributed by atoms with Crippen molar-refractivity contribution >= 4 is 22.6 Å². The summed E-state index contributed by atoms with van der Waals surface area (Å²) in [5.74, 6) is 1.09. The lowest BCUT2D eigenvalue weighted by molar-refractivity contribution is 0.102. The predicted molar refractivity (Wildman–Crippen MR) is 93.2 cm³/mol. The van der Waals surface area contributed by atoms with E-state index >= 15 is 0 Å². The maximum atomic E-state index is 12.7. The summed E-state index contributed by atoms with van der Waals surface area (Å²) in [6.07, 6.45) is 1.74. The van der Waals surface area contributed by atoms with Gasteiger partial charge in [-0.05, 0) is 39.0 Å². The summed E-state index contributed by atoms with van der Waals surface area (Å²) in [4.78, 5) is 17.2. The summed E-state index contributed by atoms with van der Waals surface area (Å²) >= 11 is 0. The number of nitrogens with one attached hydrogen (secondary N) is 1. The van der Waals surface area contributed by atoms with E-state index < -0.39 is 0 Å². The molecular weight excluding hydrogens is 320 g/mol. The molecule has 1 amide bonds. The number of carbonyl (C=O) groups excluding carboxylic acids is 1. The van der Waals surface area contributed by atoms with Crippen LogP contribution in [-0.4, -0.2) is 27.5 Å². The van der Waals surface area contributed by atoms with Gasteiger partial charge in [-0.25, -0.2) is 9.67 Å². The molecule has 1 aliphatic rings. The Morgan fingerprint density at radius 3 is 2.84 bits per heavy atom. The first-order valence-corrected chi connectivity index (χ1v) is 8.09. The highest BCUT2D eigenvalue weighted by molar-refractivity contribution is 6.06. The van der Waals surface area contributed by atoms with Gasteiger partial charge in [0.1, 0.15) is 0 Å². The van der Waals surface area contributed by atoms with Crippen LogP contribution in [-0.2, 0) is 0 Å². The van der Waals surface area contributed by atoms with Crippen molar-refractivity contribution in [1.82, 2.24) is 14.8 Å². The SMILES string of the molecule is Cc1nc2c(cnn2C(C)C)cc1C(=O)Nc1ccc2c(c1)OCO2. The van der Waals surface area contributed by atoms with Crippen LogP contribution < -0.4 is 14.8 Å². The van der Waals surface area contributed by atoms with Gasteiger partial charge in [-0.15, -0.1) is 0 Å². The molecule has 3 heterocycles. The van der Waals surface area contributed by atoms with Gasteiger partial charge in [0.2, 0.25) is 6.79 Å². The number of rotatable bonds is 3. The minimum atomic E-state index is -0.219. The number of benzene rings is 1. The van der Waals surface area contributed by atoms with Crippen LogP contribution in [0.25, 0.3) is 11.0 Å². The number of nitrogens with zero attached hydrogens (tertiary/aromatic N) is 3. The molecule has 1 N–H and O–H groups in total. The van der Waals surface area contributed by atoms with E-state index in [1.807, 2.05) is 31.5 Å². The molecule has 0 fully saturated rings. The Balaban J connectivity index is 1.64. The molecule has 1 aromatic carbocycles. The van der Waals surface area contributed by atoms with Crippen molar-refractivity contribution in [3.05, 3.63) is 41.7 Å². The Morgan fingerprint density at radius 1 is 1.24 bits per heavy atom. The molecular formula is C18H18N4O3. The summed E-state index contributed by atoms with van der Waals surface area (Å²) in [7, 11) is 0. The number of aromatic nitrogens is 3. The van der Waals surface area contributed by atoms with Crippen LogP contribution >= 0.6 is 0 Å². The van der Waals surface area contributed by atoms with E-state index in [0.717, 1.165) is 11.0 Å². The molecule has 0 atom stereocenters. The third-order valence-electron chi connectivity index (χ3n) is 4.12. The Morgan fingerprint density at radius 2 is 2.04 bits per heavy atom. The van der Waals surface area contributed by atoms with E-state index in [0.29, 0.717) is 28.4 Å². The molecule has 0 bridgehead atoms. The predicted octanol–water partition coefficient (Wildman–Crippen LogP) is 3.30.